The molecule has 0 radical (unpaired) electrons. The third kappa shape index (κ3) is 2.81. The third-order valence-electron chi connectivity index (χ3n) is 3.33. The summed E-state index contributed by atoms with van der Waals surface area (Å²) in [5, 5.41) is 9.23. The number of carboxylic acid groups (broad SMARTS) is 1. The molecule has 0 fully saturated rings. The SMILES string of the molecule is COc1ccc(-c2cc(C(=O)O)c(C)nc2C)cc1OC. The highest BCUT2D eigenvalue weighted by atomic mass is 16.5. The van der Waals surface area contributed by atoms with Crippen molar-refractivity contribution in [3.63, 3.8) is 0 Å². The second-order valence-corrected chi connectivity index (χ2v) is 4.63. The number of nitrogens with zero attached hydrogens (tertiary/aromatic N) is 1. The summed E-state index contributed by atoms with van der Waals surface area (Å²) in [5.41, 5.74) is 3.07. The van der Waals surface area contributed by atoms with E-state index in [0.717, 1.165) is 16.8 Å². The minimum atomic E-state index is -0.985. The second kappa shape index (κ2) is 5.83. The van der Waals surface area contributed by atoms with E-state index < -0.39 is 5.97 Å². The zero-order valence-electron chi connectivity index (χ0n) is 12.4. The lowest BCUT2D eigenvalue weighted by molar-refractivity contribution is 0.0695. The van der Waals surface area contributed by atoms with Gasteiger partial charge < -0.3 is 14.6 Å². The fraction of sp³-hybridized carbons (Fsp3) is 0.250. The van der Waals surface area contributed by atoms with Gasteiger partial charge in [-0.25, -0.2) is 4.79 Å². The summed E-state index contributed by atoms with van der Waals surface area (Å²) >= 11 is 0. The van der Waals surface area contributed by atoms with Crippen molar-refractivity contribution in [1.29, 1.82) is 0 Å². The smallest absolute Gasteiger partial charge is 0.337 e. The zero-order chi connectivity index (χ0) is 15.6. The van der Waals surface area contributed by atoms with Crippen LogP contribution in [0.25, 0.3) is 11.1 Å². The van der Waals surface area contributed by atoms with Crippen molar-refractivity contribution < 1.29 is 19.4 Å². The van der Waals surface area contributed by atoms with Gasteiger partial charge in [-0.2, -0.15) is 0 Å². The molecule has 1 N–H and O–H groups in total. The van der Waals surface area contributed by atoms with Gasteiger partial charge in [0, 0.05) is 11.3 Å². The van der Waals surface area contributed by atoms with Gasteiger partial charge in [0.2, 0.25) is 0 Å². The van der Waals surface area contributed by atoms with E-state index in [9.17, 15) is 9.90 Å². The molecule has 0 aliphatic heterocycles. The largest absolute Gasteiger partial charge is 0.493 e. The Morgan fingerprint density at radius 3 is 2.29 bits per heavy atom. The van der Waals surface area contributed by atoms with Crippen molar-refractivity contribution in [2.45, 2.75) is 13.8 Å². The maximum Gasteiger partial charge on any atom is 0.337 e. The molecule has 0 amide bonds. The highest BCUT2D eigenvalue weighted by Crippen LogP contribution is 2.33. The van der Waals surface area contributed by atoms with Crippen LogP contribution in [0.4, 0.5) is 0 Å². The van der Waals surface area contributed by atoms with E-state index in [1.165, 1.54) is 0 Å². The molecule has 0 saturated heterocycles. The van der Waals surface area contributed by atoms with Crippen LogP contribution in [0.2, 0.25) is 0 Å². The van der Waals surface area contributed by atoms with Crippen molar-refractivity contribution in [3.8, 4) is 22.6 Å². The zero-order valence-corrected chi connectivity index (χ0v) is 12.4. The predicted molar refractivity (Wildman–Crippen MR) is 79.2 cm³/mol. The lowest BCUT2D eigenvalue weighted by Gasteiger charge is -2.12. The quantitative estimate of drug-likeness (QED) is 0.935. The summed E-state index contributed by atoms with van der Waals surface area (Å²) in [6.45, 7) is 3.54. The molecule has 0 aliphatic carbocycles. The normalized spacial score (nSPS) is 10.3. The van der Waals surface area contributed by atoms with Gasteiger partial charge in [0.1, 0.15) is 0 Å². The van der Waals surface area contributed by atoms with Crippen LogP contribution in [-0.2, 0) is 0 Å². The summed E-state index contributed by atoms with van der Waals surface area (Å²) in [7, 11) is 3.13. The number of ether oxygens (including phenoxy) is 2. The van der Waals surface area contributed by atoms with E-state index in [1.54, 1.807) is 33.3 Å². The van der Waals surface area contributed by atoms with Crippen LogP contribution in [0.5, 0.6) is 11.5 Å². The first-order valence-electron chi connectivity index (χ1n) is 6.42. The molecule has 5 nitrogen and oxygen atoms in total. The van der Waals surface area contributed by atoms with Gasteiger partial charge in [-0.1, -0.05) is 6.07 Å². The Hall–Kier alpha value is -2.56. The van der Waals surface area contributed by atoms with Gasteiger partial charge in [-0.3, -0.25) is 4.98 Å². The average Bonchev–Trinajstić information content (AvgIpc) is 2.46. The standard InChI is InChI=1S/C16H17NO4/c1-9-12(8-13(16(18)19)10(2)17-9)11-5-6-14(20-3)15(7-11)21-4/h5-8H,1-4H3,(H,18,19). The number of aromatic nitrogens is 1. The molecule has 0 saturated carbocycles. The van der Waals surface area contributed by atoms with E-state index in [1.807, 2.05) is 19.1 Å². The number of rotatable bonds is 4. The number of hydrogen-bond donors (Lipinski definition) is 1. The third-order valence-corrected chi connectivity index (χ3v) is 3.33. The van der Waals surface area contributed by atoms with E-state index >= 15 is 0 Å². The second-order valence-electron chi connectivity index (χ2n) is 4.63. The highest BCUT2D eigenvalue weighted by molar-refractivity contribution is 5.91. The summed E-state index contributed by atoms with van der Waals surface area (Å²) in [6, 6.07) is 7.09. The fourth-order valence-corrected chi connectivity index (χ4v) is 2.24. The lowest BCUT2D eigenvalue weighted by atomic mass is 10.0. The Balaban J connectivity index is 2.61. The van der Waals surface area contributed by atoms with Crippen LogP contribution in [-0.4, -0.2) is 30.3 Å². The van der Waals surface area contributed by atoms with Gasteiger partial charge in [0.25, 0.3) is 0 Å². The van der Waals surface area contributed by atoms with Gasteiger partial charge in [-0.15, -0.1) is 0 Å². The Labute approximate surface area is 123 Å². The first kappa shape index (κ1) is 14.8. The minimum Gasteiger partial charge on any atom is -0.493 e. The molecule has 0 unspecified atom stereocenters. The topological polar surface area (TPSA) is 68.7 Å². The molecule has 0 atom stereocenters. The summed E-state index contributed by atoms with van der Waals surface area (Å²) < 4.78 is 10.5. The molecule has 1 heterocycles. The summed E-state index contributed by atoms with van der Waals surface area (Å²) in [5.74, 6) is 0.228. The molecular weight excluding hydrogens is 270 g/mol. The van der Waals surface area contributed by atoms with Crippen molar-refractivity contribution in [2.24, 2.45) is 0 Å². The van der Waals surface area contributed by atoms with Crippen LogP contribution >= 0.6 is 0 Å². The lowest BCUT2D eigenvalue weighted by Crippen LogP contribution is -2.04. The molecule has 0 aliphatic rings. The van der Waals surface area contributed by atoms with Gasteiger partial charge in [0.05, 0.1) is 25.5 Å². The van der Waals surface area contributed by atoms with Crippen LogP contribution in [0.1, 0.15) is 21.7 Å². The molecule has 110 valence electrons. The summed E-state index contributed by atoms with van der Waals surface area (Å²) in [4.78, 5) is 15.6. The highest BCUT2D eigenvalue weighted by Gasteiger charge is 2.14. The number of pyridine rings is 1. The molecule has 2 rings (SSSR count). The number of benzene rings is 1. The average molecular weight is 287 g/mol. The van der Waals surface area contributed by atoms with Crippen molar-refractivity contribution in [1.82, 2.24) is 4.98 Å². The first-order chi connectivity index (χ1) is 9.97. The Morgan fingerprint density at radius 2 is 1.71 bits per heavy atom. The van der Waals surface area contributed by atoms with Crippen LogP contribution in [0.15, 0.2) is 24.3 Å². The van der Waals surface area contributed by atoms with Gasteiger partial charge in [-0.05, 0) is 37.6 Å². The maximum atomic E-state index is 11.3. The number of methoxy groups -OCH3 is 2. The van der Waals surface area contributed by atoms with E-state index in [-0.39, 0.29) is 5.56 Å². The van der Waals surface area contributed by atoms with Gasteiger partial charge in [0.15, 0.2) is 11.5 Å². The van der Waals surface area contributed by atoms with Gasteiger partial charge >= 0.3 is 5.97 Å². The van der Waals surface area contributed by atoms with Crippen molar-refractivity contribution >= 4 is 5.97 Å². The first-order valence-corrected chi connectivity index (χ1v) is 6.42. The van der Waals surface area contributed by atoms with E-state index in [4.69, 9.17) is 9.47 Å². The number of carboxylic acids is 1. The van der Waals surface area contributed by atoms with Crippen molar-refractivity contribution in [2.75, 3.05) is 14.2 Å². The maximum absolute atomic E-state index is 11.3. The molecule has 2 aromatic rings. The van der Waals surface area contributed by atoms with Crippen LogP contribution < -0.4 is 9.47 Å². The van der Waals surface area contributed by atoms with E-state index in [2.05, 4.69) is 4.98 Å². The Kier molecular flexibility index (Phi) is 4.12. The Morgan fingerprint density at radius 1 is 1.05 bits per heavy atom. The molecule has 21 heavy (non-hydrogen) atoms. The Bertz CT molecular complexity index is 695. The molecule has 0 bridgehead atoms. The van der Waals surface area contributed by atoms with Crippen LogP contribution in [0.3, 0.4) is 0 Å². The van der Waals surface area contributed by atoms with Crippen molar-refractivity contribution in [3.05, 3.63) is 41.2 Å². The number of hydrogen-bond acceptors (Lipinski definition) is 4. The molecule has 1 aromatic heterocycles. The van der Waals surface area contributed by atoms with Crippen LogP contribution in [0, 0.1) is 13.8 Å². The van der Waals surface area contributed by atoms with E-state index in [0.29, 0.717) is 17.2 Å². The predicted octanol–water partition coefficient (Wildman–Crippen LogP) is 3.08. The molecule has 0 spiro atoms. The molecule has 5 heteroatoms. The molecular formula is C16H17NO4. The number of aryl methyl sites for hydroxylation is 2. The number of aromatic carboxylic acids is 1. The molecule has 1 aromatic carbocycles. The number of carbonyl (C=O) groups is 1. The minimum absolute atomic E-state index is 0.199. The monoisotopic (exact) mass is 287 g/mol. The fourth-order valence-electron chi connectivity index (χ4n) is 2.24. The summed E-state index contributed by atoms with van der Waals surface area (Å²) in [6.07, 6.45) is 0.